The number of ether oxygens (including phenoxy) is 6. The Hall–Kier alpha value is -5.10. The number of aromatic nitrogens is 1. The highest BCUT2D eigenvalue weighted by molar-refractivity contribution is 5.91. The van der Waals surface area contributed by atoms with Gasteiger partial charge in [-0.25, -0.2) is 14.4 Å². The Morgan fingerprint density at radius 2 is 1.31 bits per heavy atom. The Kier molecular flexibility index (Phi) is 11.5. The summed E-state index contributed by atoms with van der Waals surface area (Å²) in [6.07, 6.45) is -0.826. The average Bonchev–Trinajstić information content (AvgIpc) is 3.37. The maximum absolute atomic E-state index is 14.2. The van der Waals surface area contributed by atoms with E-state index in [1.54, 1.807) is 87.5 Å². The minimum Gasteiger partial charge on any atom is -0.459 e. The number of unbranched alkanes of at least 4 members (excludes halogenated alkanes) is 2. The molecule has 1 saturated heterocycles. The Labute approximate surface area is 321 Å². The van der Waals surface area contributed by atoms with Crippen molar-refractivity contribution in [3.05, 3.63) is 102 Å². The fourth-order valence-electron chi connectivity index (χ4n) is 9.17. The van der Waals surface area contributed by atoms with E-state index in [0.717, 1.165) is 12.8 Å². The topological polar surface area (TPSA) is 154 Å². The highest BCUT2D eigenvalue weighted by Crippen LogP contribution is 2.68. The summed E-state index contributed by atoms with van der Waals surface area (Å²) in [4.78, 5) is 73.1. The standard InChI is InChI=1S/C43H49NO11/c1-7-8-11-22-32(46)51-31-24-26(2)43-36(50-27(3)45)33(41(4,5)55-43)34(52-40(49)30-21-16-23-44-25-30)37(54-39(48)29-19-14-10-15-20-29)42(43,6)35(31)53-38(47)28-17-12-9-13-18-28/h9-10,12-21,23,25-26,31,33-37H,7-8,11,22,24H2,1-6H3/t26-,31+,33+,34-,35-,36+,37-,42-,43-/m0/s1. The van der Waals surface area contributed by atoms with E-state index >= 15 is 0 Å². The summed E-state index contributed by atoms with van der Waals surface area (Å²) in [7, 11) is 0. The van der Waals surface area contributed by atoms with Crippen LogP contribution in [0.2, 0.25) is 0 Å². The lowest BCUT2D eigenvalue weighted by Gasteiger charge is -2.63. The lowest BCUT2D eigenvalue weighted by atomic mass is 9.47. The summed E-state index contributed by atoms with van der Waals surface area (Å²) in [5.41, 5.74) is -3.84. The van der Waals surface area contributed by atoms with Gasteiger partial charge in [-0.15, -0.1) is 0 Å². The van der Waals surface area contributed by atoms with Crippen LogP contribution >= 0.6 is 0 Å². The predicted octanol–water partition coefficient (Wildman–Crippen LogP) is 6.71. The minimum absolute atomic E-state index is 0.126. The molecule has 292 valence electrons. The van der Waals surface area contributed by atoms with Crippen molar-refractivity contribution in [2.75, 3.05) is 0 Å². The van der Waals surface area contributed by atoms with Gasteiger partial charge in [0.2, 0.25) is 0 Å². The first-order valence-corrected chi connectivity index (χ1v) is 18.9. The SMILES string of the molecule is CCCCCC(=O)O[C@@H]1C[C@H](C)[C@@]23OC(C)(C)[C@H]([C@H](OC(=O)c4cccnc4)[C@H](OC(=O)c4ccccc4)[C@]2(C)[C@H]1OC(=O)c1ccccc1)[C@H]3OC(C)=O. The zero-order valence-electron chi connectivity index (χ0n) is 32.1. The zero-order chi connectivity index (χ0) is 39.5. The molecule has 2 aliphatic carbocycles. The molecular formula is C43H49NO11. The second-order valence-electron chi connectivity index (χ2n) is 15.5. The fraction of sp³-hybridized carbons (Fsp3) is 0.488. The van der Waals surface area contributed by atoms with Gasteiger partial charge in [0, 0.05) is 25.7 Å². The second-order valence-corrected chi connectivity index (χ2v) is 15.5. The van der Waals surface area contributed by atoms with Gasteiger partial charge in [0.05, 0.1) is 33.6 Å². The Balaban J connectivity index is 1.58. The molecule has 55 heavy (non-hydrogen) atoms. The molecule has 0 N–H and O–H groups in total. The van der Waals surface area contributed by atoms with Gasteiger partial charge in [-0.05, 0) is 75.9 Å². The Bertz CT molecular complexity index is 1870. The average molecular weight is 756 g/mol. The van der Waals surface area contributed by atoms with E-state index in [0.29, 0.717) is 6.42 Å². The van der Waals surface area contributed by atoms with Gasteiger partial charge in [0.15, 0.2) is 12.2 Å². The quantitative estimate of drug-likeness (QED) is 0.110. The van der Waals surface area contributed by atoms with Gasteiger partial charge in [-0.1, -0.05) is 63.1 Å². The predicted molar refractivity (Wildman–Crippen MR) is 198 cm³/mol. The number of benzene rings is 2. The van der Waals surface area contributed by atoms with Crippen LogP contribution in [0.25, 0.3) is 0 Å². The van der Waals surface area contributed by atoms with Crippen LogP contribution in [-0.2, 0) is 38.0 Å². The van der Waals surface area contributed by atoms with E-state index in [9.17, 15) is 24.0 Å². The Morgan fingerprint density at radius 1 is 0.727 bits per heavy atom. The molecule has 1 aliphatic heterocycles. The lowest BCUT2D eigenvalue weighted by Crippen LogP contribution is -2.79. The lowest BCUT2D eigenvalue weighted by molar-refractivity contribution is -0.311. The van der Waals surface area contributed by atoms with Crippen molar-refractivity contribution in [1.82, 2.24) is 4.98 Å². The van der Waals surface area contributed by atoms with Crippen molar-refractivity contribution in [2.24, 2.45) is 17.3 Å². The minimum atomic E-state index is -1.70. The number of nitrogens with zero attached hydrogens (tertiary/aromatic N) is 1. The van der Waals surface area contributed by atoms with Gasteiger partial charge >= 0.3 is 29.8 Å². The van der Waals surface area contributed by atoms with E-state index in [4.69, 9.17) is 28.4 Å². The van der Waals surface area contributed by atoms with Crippen molar-refractivity contribution in [2.45, 2.75) is 115 Å². The monoisotopic (exact) mass is 755 g/mol. The molecule has 0 amide bonds. The maximum atomic E-state index is 14.2. The number of rotatable bonds is 12. The zero-order valence-corrected chi connectivity index (χ0v) is 32.1. The molecule has 12 heteroatoms. The molecule has 1 spiro atoms. The molecule has 3 aliphatic rings. The number of fused-ring (bicyclic) bond motifs is 1. The number of carbonyl (C=O) groups is 5. The number of carbonyl (C=O) groups excluding carboxylic acids is 5. The van der Waals surface area contributed by atoms with E-state index in [2.05, 4.69) is 4.98 Å². The molecular weight excluding hydrogens is 706 g/mol. The molecule has 2 aromatic carbocycles. The van der Waals surface area contributed by atoms with Crippen LogP contribution in [-0.4, -0.2) is 76.6 Å². The van der Waals surface area contributed by atoms with Crippen molar-refractivity contribution >= 4 is 29.8 Å². The molecule has 0 radical (unpaired) electrons. The van der Waals surface area contributed by atoms with E-state index in [1.165, 1.54) is 25.4 Å². The van der Waals surface area contributed by atoms with Crippen LogP contribution in [0.15, 0.2) is 85.2 Å². The van der Waals surface area contributed by atoms with Crippen LogP contribution < -0.4 is 0 Å². The summed E-state index contributed by atoms with van der Waals surface area (Å²) in [5.74, 6) is -4.81. The van der Waals surface area contributed by atoms with Crippen LogP contribution in [0.3, 0.4) is 0 Å². The van der Waals surface area contributed by atoms with Crippen molar-refractivity contribution < 1.29 is 52.4 Å². The normalized spacial score (nSPS) is 30.3. The number of hydrogen-bond donors (Lipinski definition) is 0. The first kappa shape index (κ1) is 39.6. The molecule has 6 rings (SSSR count). The molecule has 3 fully saturated rings. The van der Waals surface area contributed by atoms with Gasteiger partial charge in [-0.3, -0.25) is 14.6 Å². The summed E-state index contributed by atoms with van der Waals surface area (Å²) in [6, 6.07) is 19.8. The van der Waals surface area contributed by atoms with E-state index in [1.807, 2.05) is 13.8 Å². The van der Waals surface area contributed by atoms with Crippen LogP contribution in [0, 0.1) is 17.3 Å². The molecule has 2 bridgehead atoms. The number of pyridine rings is 1. The first-order valence-electron chi connectivity index (χ1n) is 18.9. The van der Waals surface area contributed by atoms with Crippen molar-refractivity contribution in [3.8, 4) is 0 Å². The van der Waals surface area contributed by atoms with Gasteiger partial charge in [0.25, 0.3) is 0 Å². The van der Waals surface area contributed by atoms with Crippen molar-refractivity contribution in [1.29, 1.82) is 0 Å². The third kappa shape index (κ3) is 7.36. The highest BCUT2D eigenvalue weighted by atomic mass is 16.6. The molecule has 0 unspecified atom stereocenters. The maximum Gasteiger partial charge on any atom is 0.340 e. The van der Waals surface area contributed by atoms with E-state index in [-0.39, 0.29) is 29.5 Å². The number of hydrogen-bond acceptors (Lipinski definition) is 12. The second kappa shape index (κ2) is 15.9. The largest absolute Gasteiger partial charge is 0.459 e. The summed E-state index contributed by atoms with van der Waals surface area (Å²) in [6.45, 7) is 10.5. The van der Waals surface area contributed by atoms with Gasteiger partial charge in [-0.2, -0.15) is 0 Å². The summed E-state index contributed by atoms with van der Waals surface area (Å²) < 4.78 is 39.0. The van der Waals surface area contributed by atoms with Crippen LogP contribution in [0.1, 0.15) is 105 Å². The molecule has 1 aromatic heterocycles. The Morgan fingerprint density at radius 3 is 1.87 bits per heavy atom. The number of esters is 5. The molecule has 2 heterocycles. The van der Waals surface area contributed by atoms with E-state index < -0.39 is 88.8 Å². The summed E-state index contributed by atoms with van der Waals surface area (Å²) >= 11 is 0. The molecule has 2 saturated carbocycles. The highest BCUT2D eigenvalue weighted by Gasteiger charge is 2.84. The molecule has 3 aromatic rings. The van der Waals surface area contributed by atoms with Gasteiger partial charge < -0.3 is 28.4 Å². The third-order valence-corrected chi connectivity index (χ3v) is 11.5. The summed E-state index contributed by atoms with van der Waals surface area (Å²) in [5, 5.41) is 0. The molecule has 12 nitrogen and oxygen atoms in total. The van der Waals surface area contributed by atoms with Crippen molar-refractivity contribution in [3.63, 3.8) is 0 Å². The smallest absolute Gasteiger partial charge is 0.340 e. The van der Waals surface area contributed by atoms with Gasteiger partial charge in [0.1, 0.15) is 23.9 Å². The van der Waals surface area contributed by atoms with Crippen LogP contribution in [0.5, 0.6) is 0 Å². The first-order chi connectivity index (χ1) is 26.2. The fourth-order valence-corrected chi connectivity index (χ4v) is 9.17. The molecule has 9 atom stereocenters. The third-order valence-electron chi connectivity index (χ3n) is 11.5. The van der Waals surface area contributed by atoms with Crippen LogP contribution in [0.4, 0.5) is 0 Å².